The predicted octanol–water partition coefficient (Wildman–Crippen LogP) is 2.15. The number of aromatic nitrogens is 3. The second-order valence-electron chi connectivity index (χ2n) is 7.24. The molecule has 1 atom stereocenters. The summed E-state index contributed by atoms with van der Waals surface area (Å²) in [4.78, 5) is 2.54. The van der Waals surface area contributed by atoms with Gasteiger partial charge in [0, 0.05) is 26.2 Å². The van der Waals surface area contributed by atoms with Crippen LogP contribution in [-0.2, 0) is 13.1 Å². The Kier molecular flexibility index (Phi) is 5.76. The quantitative estimate of drug-likeness (QED) is 0.798. The Labute approximate surface area is 129 Å². The monoisotopic (exact) mass is 293 g/mol. The molecule has 0 radical (unpaired) electrons. The van der Waals surface area contributed by atoms with Crippen molar-refractivity contribution in [3.63, 3.8) is 0 Å². The van der Waals surface area contributed by atoms with E-state index in [1.807, 2.05) is 6.33 Å². The number of hydrogen-bond donors (Lipinski definition) is 1. The fourth-order valence-corrected chi connectivity index (χ4v) is 3.28. The molecule has 1 aliphatic heterocycles. The van der Waals surface area contributed by atoms with Crippen LogP contribution in [0.25, 0.3) is 0 Å². The minimum atomic E-state index is 0.339. The largest absolute Gasteiger partial charge is 0.316 e. The summed E-state index contributed by atoms with van der Waals surface area (Å²) >= 11 is 0. The summed E-state index contributed by atoms with van der Waals surface area (Å²) in [6, 6.07) is 0. The SMILES string of the molecule is CCCC(C)(CNCC(C)C)CN1CCn2cnnc2C1. The highest BCUT2D eigenvalue weighted by molar-refractivity contribution is 4.92. The van der Waals surface area contributed by atoms with E-state index in [1.54, 1.807) is 0 Å². The maximum Gasteiger partial charge on any atom is 0.147 e. The van der Waals surface area contributed by atoms with Gasteiger partial charge in [0.2, 0.25) is 0 Å². The van der Waals surface area contributed by atoms with Gasteiger partial charge in [0.1, 0.15) is 12.2 Å². The van der Waals surface area contributed by atoms with Gasteiger partial charge in [0.25, 0.3) is 0 Å². The molecule has 1 unspecified atom stereocenters. The molecule has 1 aromatic rings. The van der Waals surface area contributed by atoms with Gasteiger partial charge in [-0.3, -0.25) is 4.90 Å². The molecule has 21 heavy (non-hydrogen) atoms. The normalized spacial score (nSPS) is 18.7. The molecule has 0 fully saturated rings. The molecule has 0 aliphatic carbocycles. The van der Waals surface area contributed by atoms with Crippen molar-refractivity contribution in [2.24, 2.45) is 11.3 Å². The fourth-order valence-electron chi connectivity index (χ4n) is 3.28. The molecule has 0 spiro atoms. The third-order valence-corrected chi connectivity index (χ3v) is 4.28. The summed E-state index contributed by atoms with van der Waals surface area (Å²) in [6.45, 7) is 15.6. The number of nitrogens with one attached hydrogen (secondary N) is 1. The Morgan fingerprint density at radius 2 is 2.19 bits per heavy atom. The van der Waals surface area contributed by atoms with E-state index in [1.165, 1.54) is 12.8 Å². The third kappa shape index (κ3) is 4.78. The summed E-state index contributed by atoms with van der Waals surface area (Å²) in [7, 11) is 0. The van der Waals surface area contributed by atoms with Crippen LogP contribution in [0.5, 0.6) is 0 Å². The second kappa shape index (κ2) is 7.36. The van der Waals surface area contributed by atoms with Crippen molar-refractivity contribution in [3.8, 4) is 0 Å². The van der Waals surface area contributed by atoms with Gasteiger partial charge in [-0.25, -0.2) is 0 Å². The lowest BCUT2D eigenvalue weighted by Gasteiger charge is -2.37. The van der Waals surface area contributed by atoms with Crippen LogP contribution in [0.15, 0.2) is 6.33 Å². The first kappa shape index (κ1) is 16.4. The van der Waals surface area contributed by atoms with Crippen molar-refractivity contribution >= 4 is 0 Å². The van der Waals surface area contributed by atoms with Crippen molar-refractivity contribution in [1.82, 2.24) is 25.0 Å². The summed E-state index contributed by atoms with van der Waals surface area (Å²) in [5, 5.41) is 11.9. The van der Waals surface area contributed by atoms with Gasteiger partial charge in [-0.1, -0.05) is 34.1 Å². The topological polar surface area (TPSA) is 46.0 Å². The van der Waals surface area contributed by atoms with Crippen LogP contribution in [0.3, 0.4) is 0 Å². The van der Waals surface area contributed by atoms with E-state index < -0.39 is 0 Å². The predicted molar refractivity (Wildman–Crippen MR) is 86.0 cm³/mol. The molecule has 0 bridgehead atoms. The molecule has 5 nitrogen and oxygen atoms in total. The first-order chi connectivity index (χ1) is 10.0. The second-order valence-corrected chi connectivity index (χ2v) is 7.24. The van der Waals surface area contributed by atoms with Crippen LogP contribution in [0.1, 0.15) is 46.4 Å². The van der Waals surface area contributed by atoms with Crippen molar-refractivity contribution in [1.29, 1.82) is 0 Å². The van der Waals surface area contributed by atoms with Crippen LogP contribution in [0.2, 0.25) is 0 Å². The van der Waals surface area contributed by atoms with Crippen LogP contribution in [0.4, 0.5) is 0 Å². The van der Waals surface area contributed by atoms with Gasteiger partial charge in [0.15, 0.2) is 0 Å². The molecule has 0 saturated carbocycles. The molecule has 0 aromatic carbocycles. The maximum absolute atomic E-state index is 4.22. The molecule has 120 valence electrons. The lowest BCUT2D eigenvalue weighted by molar-refractivity contribution is 0.122. The summed E-state index contributed by atoms with van der Waals surface area (Å²) in [5.41, 5.74) is 0.339. The Morgan fingerprint density at radius 3 is 2.90 bits per heavy atom. The van der Waals surface area contributed by atoms with Crippen molar-refractivity contribution < 1.29 is 0 Å². The van der Waals surface area contributed by atoms with Gasteiger partial charge in [-0.15, -0.1) is 10.2 Å². The van der Waals surface area contributed by atoms with E-state index in [0.29, 0.717) is 11.3 Å². The Balaban J connectivity index is 1.90. The maximum atomic E-state index is 4.22. The first-order valence-corrected chi connectivity index (χ1v) is 8.32. The van der Waals surface area contributed by atoms with Gasteiger partial charge in [-0.2, -0.15) is 0 Å². The minimum Gasteiger partial charge on any atom is -0.316 e. The van der Waals surface area contributed by atoms with Crippen LogP contribution < -0.4 is 5.32 Å². The smallest absolute Gasteiger partial charge is 0.147 e. The lowest BCUT2D eigenvalue weighted by atomic mass is 9.84. The molecule has 0 amide bonds. The highest BCUT2D eigenvalue weighted by Gasteiger charge is 2.28. The molecule has 5 heteroatoms. The molecule has 1 aromatic heterocycles. The fraction of sp³-hybridized carbons (Fsp3) is 0.875. The number of rotatable bonds is 8. The zero-order valence-corrected chi connectivity index (χ0v) is 14.1. The van der Waals surface area contributed by atoms with E-state index >= 15 is 0 Å². The van der Waals surface area contributed by atoms with Crippen LogP contribution >= 0.6 is 0 Å². The van der Waals surface area contributed by atoms with Gasteiger partial charge < -0.3 is 9.88 Å². The number of nitrogens with zero attached hydrogens (tertiary/aromatic N) is 4. The van der Waals surface area contributed by atoms with E-state index in [0.717, 1.165) is 45.1 Å². The molecule has 2 heterocycles. The van der Waals surface area contributed by atoms with Crippen LogP contribution in [0, 0.1) is 11.3 Å². The Hall–Kier alpha value is -0.940. The average Bonchev–Trinajstić information content (AvgIpc) is 2.85. The average molecular weight is 293 g/mol. The zero-order chi connectivity index (χ0) is 15.3. The van der Waals surface area contributed by atoms with Gasteiger partial charge in [0.05, 0.1) is 6.54 Å². The lowest BCUT2D eigenvalue weighted by Crippen LogP contribution is -2.45. The molecule has 1 aliphatic rings. The van der Waals surface area contributed by atoms with Crippen molar-refractivity contribution in [2.75, 3.05) is 26.2 Å². The standard InChI is InChI=1S/C16H31N5/c1-5-6-16(4,11-17-9-14(2)3)12-20-7-8-21-13-18-19-15(21)10-20/h13-14,17H,5-12H2,1-4H3. The summed E-state index contributed by atoms with van der Waals surface area (Å²) < 4.78 is 2.17. The summed E-state index contributed by atoms with van der Waals surface area (Å²) in [6.07, 6.45) is 4.35. The van der Waals surface area contributed by atoms with E-state index in [9.17, 15) is 0 Å². The van der Waals surface area contributed by atoms with E-state index in [-0.39, 0.29) is 0 Å². The van der Waals surface area contributed by atoms with Crippen molar-refractivity contribution in [2.45, 2.75) is 53.6 Å². The zero-order valence-electron chi connectivity index (χ0n) is 14.1. The minimum absolute atomic E-state index is 0.339. The number of hydrogen-bond acceptors (Lipinski definition) is 4. The summed E-state index contributed by atoms with van der Waals surface area (Å²) in [5.74, 6) is 1.82. The molecule has 1 N–H and O–H groups in total. The molecular formula is C16H31N5. The van der Waals surface area contributed by atoms with E-state index in [4.69, 9.17) is 0 Å². The first-order valence-electron chi connectivity index (χ1n) is 8.32. The highest BCUT2D eigenvalue weighted by Crippen LogP contribution is 2.25. The van der Waals surface area contributed by atoms with Crippen LogP contribution in [-0.4, -0.2) is 45.8 Å². The number of fused-ring (bicyclic) bond motifs is 1. The van der Waals surface area contributed by atoms with Gasteiger partial charge >= 0.3 is 0 Å². The van der Waals surface area contributed by atoms with Crippen molar-refractivity contribution in [3.05, 3.63) is 12.2 Å². The van der Waals surface area contributed by atoms with Gasteiger partial charge in [-0.05, 0) is 24.3 Å². The third-order valence-electron chi connectivity index (χ3n) is 4.28. The Bertz CT molecular complexity index is 428. The van der Waals surface area contributed by atoms with E-state index in [2.05, 4.69) is 52.7 Å². The molecule has 2 rings (SSSR count). The molecule has 0 saturated heterocycles. The highest BCUT2D eigenvalue weighted by atomic mass is 15.3. The molecular weight excluding hydrogens is 262 g/mol. The Morgan fingerprint density at radius 1 is 1.38 bits per heavy atom.